The minimum Gasteiger partial charge on any atom is -0.496 e. The number of fused-ring (bicyclic) bond motifs is 2. The number of hydrogen-bond donors (Lipinski definition) is 0. The number of methoxy groups -OCH3 is 1. The lowest BCUT2D eigenvalue weighted by Crippen LogP contribution is -2.20. The molecule has 2 aromatic heterocycles. The molecule has 0 unspecified atom stereocenters. The number of furan rings is 1. The lowest BCUT2D eigenvalue weighted by molar-refractivity contribution is 0.335. The van der Waals surface area contributed by atoms with Crippen molar-refractivity contribution < 1.29 is 13.9 Å². The van der Waals surface area contributed by atoms with Crippen LogP contribution in [0.4, 0.5) is 0 Å². The van der Waals surface area contributed by atoms with Crippen molar-refractivity contribution in [3.05, 3.63) is 83.7 Å². The Balaban J connectivity index is 1.69. The van der Waals surface area contributed by atoms with Gasteiger partial charge in [-0.15, -0.1) is 0 Å². The van der Waals surface area contributed by atoms with Crippen LogP contribution in [0.1, 0.15) is 12.5 Å². The van der Waals surface area contributed by atoms with E-state index in [1.54, 1.807) is 25.5 Å². The predicted molar refractivity (Wildman–Crippen MR) is 154 cm³/mol. The molecule has 5 aromatic rings. The molecular weight excluding hydrogens is 672 g/mol. The summed E-state index contributed by atoms with van der Waals surface area (Å²) in [5, 5.41) is 5.81. The molecule has 0 saturated carbocycles. The summed E-state index contributed by atoms with van der Waals surface area (Å²) in [6, 6.07) is 18.5. The minimum absolute atomic E-state index is 0.287. The minimum atomic E-state index is -0.287. The quantitative estimate of drug-likeness (QED) is 0.154. The van der Waals surface area contributed by atoms with Gasteiger partial charge >= 0.3 is 0 Å². The zero-order valence-corrected chi connectivity index (χ0v) is 23.1. The number of ether oxygens (including phenoxy) is 2. The third kappa shape index (κ3) is 4.54. The van der Waals surface area contributed by atoms with Crippen molar-refractivity contribution in [1.29, 1.82) is 0 Å². The summed E-state index contributed by atoms with van der Waals surface area (Å²) in [5.41, 5.74) is 1.74. The van der Waals surface area contributed by atoms with E-state index in [0.717, 1.165) is 23.8 Å². The van der Waals surface area contributed by atoms with Crippen LogP contribution in [0.5, 0.6) is 11.5 Å². The second-order valence-electron chi connectivity index (χ2n) is 7.54. The largest absolute Gasteiger partial charge is 0.496 e. The first kappa shape index (κ1) is 23.8. The lowest BCUT2D eigenvalue weighted by atomic mass is 10.2. The van der Waals surface area contributed by atoms with Crippen LogP contribution in [0.3, 0.4) is 0 Å². The van der Waals surface area contributed by atoms with E-state index in [0.29, 0.717) is 40.4 Å². The second kappa shape index (κ2) is 9.97. The van der Waals surface area contributed by atoms with Crippen molar-refractivity contribution in [2.75, 3.05) is 13.7 Å². The standard InChI is InChI=1S/C26H19I2N3O4/c1-3-34-24-18(27)11-15(12-19(24)28)14-29-31-25(30-20-8-5-4-7-16(20)26(31)32)23-13-17-21(33-2)9-6-10-22(17)35-23/h4-14H,3H2,1-2H3. The third-order valence-corrected chi connectivity index (χ3v) is 6.95. The molecule has 176 valence electrons. The van der Waals surface area contributed by atoms with Gasteiger partial charge in [-0.2, -0.15) is 9.78 Å². The van der Waals surface area contributed by atoms with Crippen LogP contribution < -0.4 is 15.0 Å². The predicted octanol–water partition coefficient (Wildman–Crippen LogP) is 6.31. The van der Waals surface area contributed by atoms with E-state index < -0.39 is 0 Å². The van der Waals surface area contributed by atoms with Gasteiger partial charge in [0.1, 0.15) is 17.1 Å². The highest BCUT2D eigenvalue weighted by molar-refractivity contribution is 14.1. The Hall–Kier alpha value is -2.93. The van der Waals surface area contributed by atoms with E-state index in [1.165, 1.54) is 4.68 Å². The molecule has 0 saturated heterocycles. The van der Waals surface area contributed by atoms with E-state index in [9.17, 15) is 4.79 Å². The molecule has 35 heavy (non-hydrogen) atoms. The number of para-hydroxylation sites is 1. The summed E-state index contributed by atoms with van der Waals surface area (Å²) >= 11 is 4.48. The Bertz CT molecular complexity index is 1630. The lowest BCUT2D eigenvalue weighted by Gasteiger charge is -2.10. The van der Waals surface area contributed by atoms with Gasteiger partial charge in [0.15, 0.2) is 5.76 Å². The number of aromatic nitrogens is 2. The monoisotopic (exact) mass is 691 g/mol. The fraction of sp³-hybridized carbons (Fsp3) is 0.115. The molecule has 3 aromatic carbocycles. The highest BCUT2D eigenvalue weighted by Crippen LogP contribution is 2.33. The van der Waals surface area contributed by atoms with Gasteiger partial charge in [0.05, 0.1) is 43.4 Å². The number of halogens is 2. The van der Waals surface area contributed by atoms with Crippen LogP contribution in [0.25, 0.3) is 33.5 Å². The van der Waals surface area contributed by atoms with E-state index in [1.807, 2.05) is 55.5 Å². The zero-order valence-electron chi connectivity index (χ0n) is 18.8. The van der Waals surface area contributed by atoms with Crippen LogP contribution in [0.2, 0.25) is 0 Å². The van der Waals surface area contributed by atoms with Crippen LogP contribution >= 0.6 is 45.2 Å². The maximum absolute atomic E-state index is 13.5. The van der Waals surface area contributed by atoms with E-state index >= 15 is 0 Å². The number of nitrogens with zero attached hydrogens (tertiary/aromatic N) is 3. The first-order valence-electron chi connectivity index (χ1n) is 10.7. The Morgan fingerprint density at radius 1 is 1.06 bits per heavy atom. The summed E-state index contributed by atoms with van der Waals surface area (Å²) in [4.78, 5) is 18.2. The van der Waals surface area contributed by atoms with Gasteiger partial charge in [0.25, 0.3) is 5.56 Å². The first-order chi connectivity index (χ1) is 17.0. The normalized spacial score (nSPS) is 11.5. The highest BCUT2D eigenvalue weighted by atomic mass is 127. The molecule has 2 heterocycles. The molecule has 0 spiro atoms. The number of hydrogen-bond acceptors (Lipinski definition) is 6. The summed E-state index contributed by atoms with van der Waals surface area (Å²) < 4.78 is 20.5. The fourth-order valence-corrected chi connectivity index (χ4v) is 5.90. The number of rotatable bonds is 6. The van der Waals surface area contributed by atoms with Crippen molar-refractivity contribution in [3.63, 3.8) is 0 Å². The first-order valence-corrected chi connectivity index (χ1v) is 12.9. The van der Waals surface area contributed by atoms with Crippen LogP contribution in [-0.2, 0) is 0 Å². The molecule has 0 radical (unpaired) electrons. The summed E-state index contributed by atoms with van der Waals surface area (Å²) in [6.07, 6.45) is 1.64. The van der Waals surface area contributed by atoms with E-state index in [2.05, 4.69) is 50.3 Å². The molecule has 0 aliphatic carbocycles. The Kier molecular flexibility index (Phi) is 6.78. The van der Waals surface area contributed by atoms with Crippen molar-refractivity contribution in [3.8, 4) is 23.1 Å². The molecule has 0 N–H and O–H groups in total. The van der Waals surface area contributed by atoms with Crippen LogP contribution in [0.15, 0.2) is 75.0 Å². The van der Waals surface area contributed by atoms with Gasteiger partial charge in [0, 0.05) is 0 Å². The topological polar surface area (TPSA) is 78.8 Å². The van der Waals surface area contributed by atoms with Gasteiger partial charge in [0.2, 0.25) is 5.82 Å². The van der Waals surface area contributed by atoms with Gasteiger partial charge in [-0.1, -0.05) is 18.2 Å². The van der Waals surface area contributed by atoms with Gasteiger partial charge < -0.3 is 13.9 Å². The van der Waals surface area contributed by atoms with Crippen molar-refractivity contribution in [2.24, 2.45) is 5.10 Å². The molecule has 0 amide bonds. The molecule has 0 aliphatic rings. The molecule has 0 atom stereocenters. The molecule has 7 nitrogen and oxygen atoms in total. The van der Waals surface area contributed by atoms with Crippen LogP contribution in [-0.4, -0.2) is 29.6 Å². The SMILES string of the molecule is CCOc1c(I)cc(C=Nn2c(-c3cc4c(OC)cccc4o3)nc3ccccc3c2=O)cc1I. The zero-order chi connectivity index (χ0) is 24.5. The number of benzene rings is 3. The molecule has 5 rings (SSSR count). The van der Waals surface area contributed by atoms with Gasteiger partial charge in [-0.05, 0) is 100 Å². The summed E-state index contributed by atoms with van der Waals surface area (Å²) in [6.45, 7) is 2.54. The molecule has 0 bridgehead atoms. The molecular formula is C26H19I2N3O4. The Labute approximate surface area is 228 Å². The maximum Gasteiger partial charge on any atom is 0.282 e. The van der Waals surface area contributed by atoms with Crippen LogP contribution in [0, 0.1) is 7.14 Å². The maximum atomic E-state index is 13.5. The highest BCUT2D eigenvalue weighted by Gasteiger charge is 2.18. The smallest absolute Gasteiger partial charge is 0.282 e. The second-order valence-corrected chi connectivity index (χ2v) is 9.87. The summed E-state index contributed by atoms with van der Waals surface area (Å²) in [7, 11) is 1.61. The Morgan fingerprint density at radius 3 is 2.57 bits per heavy atom. The Morgan fingerprint density at radius 2 is 1.83 bits per heavy atom. The van der Waals surface area contributed by atoms with E-state index in [4.69, 9.17) is 18.9 Å². The molecule has 9 heteroatoms. The average Bonchev–Trinajstić information content (AvgIpc) is 3.30. The third-order valence-electron chi connectivity index (χ3n) is 5.35. The average molecular weight is 691 g/mol. The van der Waals surface area contributed by atoms with Crippen molar-refractivity contribution in [2.45, 2.75) is 6.92 Å². The van der Waals surface area contributed by atoms with Gasteiger partial charge in [-0.25, -0.2) is 4.98 Å². The van der Waals surface area contributed by atoms with E-state index in [-0.39, 0.29) is 5.56 Å². The van der Waals surface area contributed by atoms with Gasteiger partial charge in [-0.3, -0.25) is 4.79 Å². The molecule has 0 fully saturated rings. The summed E-state index contributed by atoms with van der Waals surface area (Å²) in [5.74, 6) is 2.24. The fourth-order valence-electron chi connectivity index (χ4n) is 3.77. The van der Waals surface area contributed by atoms with Crippen molar-refractivity contribution in [1.82, 2.24) is 9.66 Å². The van der Waals surface area contributed by atoms with Crippen molar-refractivity contribution >= 4 is 73.3 Å². The molecule has 0 aliphatic heterocycles.